The van der Waals surface area contributed by atoms with Gasteiger partial charge in [0.25, 0.3) is 0 Å². The highest BCUT2D eigenvalue weighted by atomic mass is 16.6. The van der Waals surface area contributed by atoms with Crippen molar-refractivity contribution < 1.29 is 9.53 Å². The van der Waals surface area contributed by atoms with Gasteiger partial charge in [-0.3, -0.25) is 0 Å². The van der Waals surface area contributed by atoms with E-state index in [0.717, 1.165) is 5.56 Å². The van der Waals surface area contributed by atoms with Crippen molar-refractivity contribution in [2.45, 2.75) is 32.9 Å². The van der Waals surface area contributed by atoms with E-state index in [1.54, 1.807) is 10.0 Å². The topological polar surface area (TPSA) is 32.8 Å². The highest BCUT2D eigenvalue weighted by molar-refractivity contribution is 5.67. The first-order chi connectivity index (χ1) is 8.32. The molecule has 0 saturated carbocycles. The summed E-state index contributed by atoms with van der Waals surface area (Å²) in [5.74, 6) is 0. The summed E-state index contributed by atoms with van der Waals surface area (Å²) in [5.41, 5.74) is 0.676. The van der Waals surface area contributed by atoms with E-state index in [1.807, 2.05) is 65.2 Å². The molecule has 0 aliphatic heterocycles. The molecule has 100 valence electrons. The van der Waals surface area contributed by atoms with Gasteiger partial charge < -0.3 is 4.74 Å². The van der Waals surface area contributed by atoms with Crippen LogP contribution in [0.1, 0.15) is 26.3 Å². The molecule has 0 spiro atoms. The first kappa shape index (κ1) is 14.5. The average Bonchev–Trinajstić information content (AvgIpc) is 2.25. The first-order valence-electron chi connectivity index (χ1n) is 6.00. The highest BCUT2D eigenvalue weighted by Crippen LogP contribution is 2.16. The zero-order valence-corrected chi connectivity index (χ0v) is 11.8. The maximum absolute atomic E-state index is 12.1. The van der Waals surface area contributed by atoms with Crippen molar-refractivity contribution in [2.24, 2.45) is 0 Å². The van der Waals surface area contributed by atoms with Gasteiger partial charge in [0.05, 0.1) is 5.54 Å². The number of hydrogen-bond acceptors (Lipinski definition) is 3. The molecule has 0 atom stereocenters. The van der Waals surface area contributed by atoms with Gasteiger partial charge in [0, 0.05) is 14.1 Å². The van der Waals surface area contributed by atoms with E-state index >= 15 is 0 Å². The number of hydrogen-bond donors (Lipinski definition) is 0. The molecule has 1 aromatic rings. The molecule has 0 bridgehead atoms. The molecule has 0 saturated heterocycles. The molecule has 0 aliphatic rings. The summed E-state index contributed by atoms with van der Waals surface area (Å²) in [6.45, 7) is 6.20. The second kappa shape index (κ2) is 5.87. The van der Waals surface area contributed by atoms with Crippen LogP contribution >= 0.6 is 0 Å². The number of amides is 1. The van der Waals surface area contributed by atoms with Crippen LogP contribution in [0.15, 0.2) is 30.3 Å². The predicted molar refractivity (Wildman–Crippen MR) is 71.9 cm³/mol. The number of nitrogens with zero attached hydrogens (tertiary/aromatic N) is 2. The van der Waals surface area contributed by atoms with Gasteiger partial charge >= 0.3 is 6.09 Å². The molecule has 0 fully saturated rings. The number of carbonyl (C=O) groups excluding carboxylic acids is 1. The Labute approximate surface area is 109 Å². The van der Waals surface area contributed by atoms with E-state index < -0.39 is 0 Å². The van der Waals surface area contributed by atoms with Crippen LogP contribution in [0, 0.1) is 0 Å². The van der Waals surface area contributed by atoms with Crippen LogP contribution in [0.25, 0.3) is 0 Å². The number of rotatable bonds is 3. The van der Waals surface area contributed by atoms with Crippen LogP contribution < -0.4 is 0 Å². The highest BCUT2D eigenvalue weighted by Gasteiger charge is 2.29. The Balaban J connectivity index is 2.64. The van der Waals surface area contributed by atoms with Gasteiger partial charge in [-0.2, -0.15) is 0 Å². The number of ether oxygens (including phenoxy) is 1. The zero-order valence-electron chi connectivity index (χ0n) is 11.8. The summed E-state index contributed by atoms with van der Waals surface area (Å²) >= 11 is 0. The Morgan fingerprint density at radius 3 is 2.17 bits per heavy atom. The van der Waals surface area contributed by atoms with Crippen LogP contribution in [0.4, 0.5) is 4.79 Å². The van der Waals surface area contributed by atoms with Crippen molar-refractivity contribution in [2.75, 3.05) is 14.1 Å². The molecule has 4 nitrogen and oxygen atoms in total. The van der Waals surface area contributed by atoms with Gasteiger partial charge in [0.1, 0.15) is 6.61 Å². The van der Waals surface area contributed by atoms with E-state index in [2.05, 4.69) is 0 Å². The van der Waals surface area contributed by atoms with Gasteiger partial charge in [-0.15, -0.1) is 0 Å². The molecule has 1 aromatic carbocycles. The Morgan fingerprint density at radius 1 is 1.17 bits per heavy atom. The number of carbonyl (C=O) groups is 1. The van der Waals surface area contributed by atoms with E-state index in [9.17, 15) is 4.79 Å². The van der Waals surface area contributed by atoms with E-state index in [4.69, 9.17) is 4.74 Å². The molecular formula is C14H22N2O2. The second-order valence-corrected chi connectivity index (χ2v) is 5.37. The maximum Gasteiger partial charge on any atom is 0.425 e. The second-order valence-electron chi connectivity index (χ2n) is 5.37. The minimum Gasteiger partial charge on any atom is -0.444 e. The third-order valence-corrected chi connectivity index (χ3v) is 2.41. The van der Waals surface area contributed by atoms with Crippen LogP contribution in [-0.4, -0.2) is 35.7 Å². The summed E-state index contributed by atoms with van der Waals surface area (Å²) in [4.78, 5) is 12.1. The lowest BCUT2D eigenvalue weighted by Gasteiger charge is -2.38. The van der Waals surface area contributed by atoms with Crippen LogP contribution in [0.2, 0.25) is 0 Å². The molecule has 0 unspecified atom stereocenters. The fraction of sp³-hybridized carbons (Fsp3) is 0.500. The smallest absolute Gasteiger partial charge is 0.425 e. The van der Waals surface area contributed by atoms with Gasteiger partial charge in [-0.25, -0.2) is 14.8 Å². The van der Waals surface area contributed by atoms with Crippen molar-refractivity contribution in [3.05, 3.63) is 35.9 Å². The molecule has 0 heterocycles. The fourth-order valence-corrected chi connectivity index (χ4v) is 1.82. The van der Waals surface area contributed by atoms with Crippen molar-refractivity contribution in [1.29, 1.82) is 0 Å². The van der Waals surface area contributed by atoms with E-state index in [1.165, 1.54) is 0 Å². The molecule has 0 aromatic heterocycles. The Morgan fingerprint density at radius 2 is 1.72 bits per heavy atom. The number of hydrazine groups is 1. The molecule has 18 heavy (non-hydrogen) atoms. The predicted octanol–water partition coefficient (Wildman–Crippen LogP) is 2.90. The van der Waals surface area contributed by atoms with Gasteiger partial charge in [-0.05, 0) is 26.3 Å². The Kier molecular flexibility index (Phi) is 4.73. The van der Waals surface area contributed by atoms with E-state index in [-0.39, 0.29) is 11.6 Å². The normalized spacial score (nSPS) is 11.4. The summed E-state index contributed by atoms with van der Waals surface area (Å²) in [6.07, 6.45) is -0.337. The fourth-order valence-electron chi connectivity index (χ4n) is 1.82. The van der Waals surface area contributed by atoms with Crippen molar-refractivity contribution in [1.82, 2.24) is 10.0 Å². The molecule has 0 N–H and O–H groups in total. The minimum absolute atomic E-state index is 0.292. The Bertz CT molecular complexity index is 383. The lowest BCUT2D eigenvalue weighted by Crippen LogP contribution is -2.53. The first-order valence-corrected chi connectivity index (χ1v) is 6.00. The van der Waals surface area contributed by atoms with Gasteiger partial charge in [0.15, 0.2) is 0 Å². The lowest BCUT2D eigenvalue weighted by atomic mass is 10.1. The van der Waals surface area contributed by atoms with Crippen LogP contribution in [0.5, 0.6) is 0 Å². The SMILES string of the molecule is CN(C)N(C(=O)OCc1ccccc1)C(C)(C)C. The summed E-state index contributed by atoms with van der Waals surface area (Å²) in [5, 5.41) is 3.34. The standard InChI is InChI=1S/C14H22N2O2/c1-14(2,3)16(15(4)5)13(17)18-11-12-9-7-6-8-10-12/h6-10H,11H2,1-5H3. The molecule has 4 heteroatoms. The molecular weight excluding hydrogens is 228 g/mol. The molecule has 0 aliphatic carbocycles. The minimum atomic E-state index is -0.337. The van der Waals surface area contributed by atoms with Crippen LogP contribution in [-0.2, 0) is 11.3 Å². The van der Waals surface area contributed by atoms with Crippen molar-refractivity contribution >= 4 is 6.09 Å². The van der Waals surface area contributed by atoms with Crippen LogP contribution in [0.3, 0.4) is 0 Å². The quantitative estimate of drug-likeness (QED) is 0.773. The maximum atomic E-state index is 12.1. The van der Waals surface area contributed by atoms with Crippen molar-refractivity contribution in [3.8, 4) is 0 Å². The van der Waals surface area contributed by atoms with Gasteiger partial charge in [0.2, 0.25) is 0 Å². The largest absolute Gasteiger partial charge is 0.444 e. The summed E-state index contributed by atoms with van der Waals surface area (Å²) in [7, 11) is 3.66. The summed E-state index contributed by atoms with van der Waals surface area (Å²) < 4.78 is 5.32. The Hall–Kier alpha value is -1.55. The third-order valence-electron chi connectivity index (χ3n) is 2.41. The zero-order chi connectivity index (χ0) is 13.8. The molecule has 0 radical (unpaired) electrons. The lowest BCUT2D eigenvalue weighted by molar-refractivity contribution is -0.0459. The van der Waals surface area contributed by atoms with Gasteiger partial charge in [-0.1, -0.05) is 30.3 Å². The number of benzene rings is 1. The molecule has 1 rings (SSSR count). The monoisotopic (exact) mass is 250 g/mol. The average molecular weight is 250 g/mol. The summed E-state index contributed by atoms with van der Waals surface area (Å²) in [6, 6.07) is 9.66. The van der Waals surface area contributed by atoms with Crippen molar-refractivity contribution in [3.63, 3.8) is 0 Å². The van der Waals surface area contributed by atoms with E-state index in [0.29, 0.717) is 6.61 Å². The molecule has 1 amide bonds. The third kappa shape index (κ3) is 4.04.